The number of hydrogen-bond donors (Lipinski definition) is 0. The highest BCUT2D eigenvalue weighted by Crippen LogP contribution is 2.43. The van der Waals surface area contributed by atoms with E-state index in [4.69, 9.17) is 14.4 Å². The summed E-state index contributed by atoms with van der Waals surface area (Å²) in [6, 6.07) is 50.8. The van der Waals surface area contributed by atoms with Crippen molar-refractivity contribution in [2.24, 2.45) is 0 Å². The fourth-order valence-electron chi connectivity index (χ4n) is 6.42. The van der Waals surface area contributed by atoms with E-state index in [1.807, 2.05) is 24.3 Å². The highest BCUT2D eigenvalue weighted by atomic mass is 16.3. The van der Waals surface area contributed by atoms with Crippen molar-refractivity contribution in [2.45, 2.75) is 0 Å². The molecule has 0 spiro atoms. The van der Waals surface area contributed by atoms with Crippen molar-refractivity contribution < 1.29 is 4.42 Å². The van der Waals surface area contributed by atoms with Crippen LogP contribution in [0.4, 0.5) is 0 Å². The molecular weight excluding hydrogens is 524 g/mol. The molecule has 0 atom stereocenters. The SMILES string of the molecule is c1ccc(-c2cccc(-c3cc(-c4ccc5c(c4)c4cccc6oc7cccc5c7c64)nc(-c4ccccc4)n3)c2)cc1. The lowest BCUT2D eigenvalue weighted by atomic mass is 9.92. The third-order valence-corrected chi connectivity index (χ3v) is 8.44. The van der Waals surface area contributed by atoms with Crippen molar-refractivity contribution in [2.75, 3.05) is 0 Å². The van der Waals surface area contributed by atoms with Gasteiger partial charge in [0.2, 0.25) is 0 Å². The monoisotopic (exact) mass is 548 g/mol. The Balaban J connectivity index is 1.28. The lowest BCUT2D eigenvalue weighted by Gasteiger charge is -2.12. The first kappa shape index (κ1) is 23.9. The number of furan rings is 1. The fourth-order valence-corrected chi connectivity index (χ4v) is 6.42. The maximum absolute atomic E-state index is 6.25. The van der Waals surface area contributed by atoms with Crippen LogP contribution >= 0.6 is 0 Å². The smallest absolute Gasteiger partial charge is 0.160 e. The molecule has 3 nitrogen and oxygen atoms in total. The van der Waals surface area contributed by atoms with Crippen LogP contribution in [0.5, 0.6) is 0 Å². The maximum Gasteiger partial charge on any atom is 0.160 e. The minimum absolute atomic E-state index is 0.708. The van der Waals surface area contributed by atoms with Gasteiger partial charge in [-0.05, 0) is 63.0 Å². The molecule has 0 amide bonds. The van der Waals surface area contributed by atoms with Gasteiger partial charge in [0.1, 0.15) is 11.2 Å². The summed E-state index contributed by atoms with van der Waals surface area (Å²) in [6.45, 7) is 0. The Hall–Kier alpha value is -5.80. The van der Waals surface area contributed by atoms with Gasteiger partial charge in [0.25, 0.3) is 0 Å². The molecular formula is C40H24N2O. The molecule has 3 heteroatoms. The average molecular weight is 549 g/mol. The van der Waals surface area contributed by atoms with E-state index < -0.39 is 0 Å². The zero-order valence-electron chi connectivity index (χ0n) is 23.2. The summed E-state index contributed by atoms with van der Waals surface area (Å²) in [5.74, 6) is 0.708. The van der Waals surface area contributed by atoms with Gasteiger partial charge >= 0.3 is 0 Å². The predicted octanol–water partition coefficient (Wildman–Crippen LogP) is 10.8. The first-order chi connectivity index (χ1) is 21.3. The number of benzene rings is 7. The summed E-state index contributed by atoms with van der Waals surface area (Å²) >= 11 is 0. The first-order valence-electron chi connectivity index (χ1n) is 14.5. The molecule has 0 N–H and O–H groups in total. The lowest BCUT2D eigenvalue weighted by molar-refractivity contribution is 0.669. The second-order valence-corrected chi connectivity index (χ2v) is 11.0. The van der Waals surface area contributed by atoms with Crippen LogP contribution in [0.3, 0.4) is 0 Å². The summed E-state index contributed by atoms with van der Waals surface area (Å²) in [4.78, 5) is 10.2. The second kappa shape index (κ2) is 9.37. The Kier molecular flexibility index (Phi) is 5.20. The van der Waals surface area contributed by atoms with Gasteiger partial charge in [-0.2, -0.15) is 0 Å². The molecule has 0 saturated carbocycles. The van der Waals surface area contributed by atoms with E-state index in [1.54, 1.807) is 0 Å². The van der Waals surface area contributed by atoms with Crippen LogP contribution in [0, 0.1) is 0 Å². The minimum Gasteiger partial charge on any atom is -0.456 e. The molecule has 7 aromatic carbocycles. The van der Waals surface area contributed by atoms with Crippen molar-refractivity contribution >= 4 is 43.5 Å². The highest BCUT2D eigenvalue weighted by molar-refractivity contribution is 6.33. The fraction of sp³-hybridized carbons (Fsp3) is 0. The van der Waals surface area contributed by atoms with Crippen LogP contribution in [0.15, 0.2) is 150 Å². The third-order valence-electron chi connectivity index (χ3n) is 8.44. The molecule has 2 heterocycles. The van der Waals surface area contributed by atoms with E-state index in [9.17, 15) is 0 Å². The largest absolute Gasteiger partial charge is 0.456 e. The van der Waals surface area contributed by atoms with E-state index in [0.29, 0.717) is 5.82 Å². The summed E-state index contributed by atoms with van der Waals surface area (Å²) in [7, 11) is 0. The van der Waals surface area contributed by atoms with Gasteiger partial charge in [0.05, 0.1) is 11.4 Å². The number of rotatable bonds is 4. The number of hydrogen-bond acceptors (Lipinski definition) is 3. The molecule has 0 aliphatic carbocycles. The van der Waals surface area contributed by atoms with Gasteiger partial charge in [0.15, 0.2) is 5.82 Å². The van der Waals surface area contributed by atoms with Crippen LogP contribution in [-0.2, 0) is 0 Å². The molecule has 0 aliphatic rings. The normalized spacial score (nSPS) is 11.7. The average Bonchev–Trinajstić information content (AvgIpc) is 3.48. The van der Waals surface area contributed by atoms with Gasteiger partial charge in [-0.15, -0.1) is 0 Å². The van der Waals surface area contributed by atoms with Gasteiger partial charge < -0.3 is 4.42 Å². The summed E-state index contributed by atoms with van der Waals surface area (Å²) in [5, 5.41) is 7.19. The molecule has 0 bridgehead atoms. The predicted molar refractivity (Wildman–Crippen MR) is 177 cm³/mol. The molecule has 9 rings (SSSR count). The van der Waals surface area contributed by atoms with Crippen molar-refractivity contribution in [1.29, 1.82) is 0 Å². The maximum atomic E-state index is 6.25. The molecule has 2 aromatic heterocycles. The quantitative estimate of drug-likeness (QED) is 0.205. The zero-order valence-corrected chi connectivity index (χ0v) is 23.2. The molecule has 9 aromatic rings. The van der Waals surface area contributed by atoms with Crippen molar-refractivity contribution in [1.82, 2.24) is 9.97 Å². The standard InChI is InChI=1S/C40H24N2O/c1-3-10-25(11-4-1)27-14-7-15-28(22-27)34-24-35(42-40(41-34)26-12-5-2-6-13-26)29-20-21-30-31-16-8-18-36-38(31)39-32(33(30)23-29)17-9-19-37(39)43-36/h1-24H. The topological polar surface area (TPSA) is 38.9 Å². The van der Waals surface area contributed by atoms with Crippen LogP contribution in [0.25, 0.3) is 88.5 Å². The molecule has 0 saturated heterocycles. The van der Waals surface area contributed by atoms with E-state index in [-0.39, 0.29) is 0 Å². The number of aromatic nitrogens is 2. The van der Waals surface area contributed by atoms with Crippen LogP contribution in [0.1, 0.15) is 0 Å². The summed E-state index contributed by atoms with van der Waals surface area (Å²) < 4.78 is 6.25. The van der Waals surface area contributed by atoms with Crippen molar-refractivity contribution in [3.63, 3.8) is 0 Å². The Morgan fingerprint density at radius 3 is 1.60 bits per heavy atom. The van der Waals surface area contributed by atoms with E-state index in [2.05, 4.69) is 121 Å². The third kappa shape index (κ3) is 3.83. The second-order valence-electron chi connectivity index (χ2n) is 11.0. The van der Waals surface area contributed by atoms with E-state index >= 15 is 0 Å². The van der Waals surface area contributed by atoms with E-state index in [0.717, 1.165) is 44.8 Å². The Morgan fingerprint density at radius 2 is 0.907 bits per heavy atom. The Labute approximate surface area is 248 Å². The minimum atomic E-state index is 0.708. The molecule has 0 aliphatic heterocycles. The molecule has 43 heavy (non-hydrogen) atoms. The van der Waals surface area contributed by atoms with E-state index in [1.165, 1.54) is 37.9 Å². The Bertz CT molecular complexity index is 2440. The summed E-state index contributed by atoms with van der Waals surface area (Å²) in [6.07, 6.45) is 0. The Morgan fingerprint density at radius 1 is 0.349 bits per heavy atom. The number of nitrogens with zero attached hydrogens (tertiary/aromatic N) is 2. The molecule has 0 fully saturated rings. The van der Waals surface area contributed by atoms with Crippen LogP contribution in [0.2, 0.25) is 0 Å². The first-order valence-corrected chi connectivity index (χ1v) is 14.5. The van der Waals surface area contributed by atoms with Crippen LogP contribution in [-0.4, -0.2) is 9.97 Å². The lowest BCUT2D eigenvalue weighted by Crippen LogP contribution is -1.96. The van der Waals surface area contributed by atoms with Gasteiger partial charge in [0, 0.05) is 27.5 Å². The van der Waals surface area contributed by atoms with Gasteiger partial charge in [-0.3, -0.25) is 0 Å². The molecule has 200 valence electrons. The highest BCUT2D eigenvalue weighted by Gasteiger charge is 2.18. The molecule has 0 unspecified atom stereocenters. The molecule has 0 radical (unpaired) electrons. The zero-order chi connectivity index (χ0) is 28.3. The van der Waals surface area contributed by atoms with Gasteiger partial charge in [-0.25, -0.2) is 9.97 Å². The van der Waals surface area contributed by atoms with Gasteiger partial charge in [-0.1, -0.05) is 115 Å². The van der Waals surface area contributed by atoms with Crippen LogP contribution < -0.4 is 0 Å². The summed E-state index contributed by atoms with van der Waals surface area (Å²) in [5.41, 5.74) is 9.07. The van der Waals surface area contributed by atoms with Crippen molar-refractivity contribution in [3.8, 4) is 45.0 Å². The van der Waals surface area contributed by atoms with Crippen molar-refractivity contribution in [3.05, 3.63) is 146 Å². The number of fused-ring (bicyclic) bond motifs is 3.